The minimum Gasteiger partial charge on any atom is -0.481 e. The van der Waals surface area contributed by atoms with Crippen LogP contribution in [-0.2, 0) is 49.5 Å². The van der Waals surface area contributed by atoms with E-state index in [0.717, 1.165) is 155 Å². The monoisotopic (exact) mass is 1140 g/mol. The number of aromatic amines is 2. The number of nitrogens with zero attached hydrogens (tertiary/aromatic N) is 6. The molecule has 0 bridgehead atoms. The summed E-state index contributed by atoms with van der Waals surface area (Å²) >= 11 is 2.23. The number of unbranched alkanes of at least 4 members (excludes halogenated alkanes) is 6. The molecule has 0 saturated heterocycles. The second-order valence-corrected chi connectivity index (χ2v) is 22.0. The molecule has 0 aliphatic heterocycles. The molecule has 0 fully saturated rings. The Morgan fingerprint density at radius 1 is 0.676 bits per heavy atom. The number of benzene rings is 2. The molecule has 2 aromatic carbocycles. The highest BCUT2D eigenvalue weighted by Gasteiger charge is 2.18. The van der Waals surface area contributed by atoms with E-state index in [9.17, 15) is 9.59 Å². The van der Waals surface area contributed by atoms with E-state index >= 15 is 0 Å². The lowest BCUT2D eigenvalue weighted by atomic mass is 10.0. The van der Waals surface area contributed by atoms with Gasteiger partial charge in [-0.15, -0.1) is 0 Å². The number of ether oxygens (including phenoxy) is 3. The first-order valence-corrected chi connectivity index (χ1v) is 28.1. The number of quaternary nitrogens is 1. The zero-order valence-corrected chi connectivity index (χ0v) is 47.8. The average molecular weight is 1140 g/mol. The van der Waals surface area contributed by atoms with Gasteiger partial charge in [-0.2, -0.15) is 0 Å². The number of nitrogens with one attached hydrogen (secondary N) is 2. The number of alkyl halides is 1. The number of carbonyl (C=O) groups excluding carboxylic acids is 1. The molecule has 17 heteroatoms. The molecule has 0 unspecified atom stereocenters. The Labute approximate surface area is 455 Å². The number of carboxylic acids is 1. The number of pyridine rings is 2. The zero-order chi connectivity index (χ0) is 53.4. The molecule has 412 valence electrons. The largest absolute Gasteiger partial charge is 0.481 e. The number of hydrogen-bond donors (Lipinski definition) is 5. The van der Waals surface area contributed by atoms with Gasteiger partial charge in [-0.1, -0.05) is 87.4 Å². The van der Waals surface area contributed by atoms with Crippen molar-refractivity contribution in [2.24, 2.45) is 0 Å². The Morgan fingerprint density at radius 2 is 1.18 bits per heavy atom. The number of imidazole rings is 2. The summed E-state index contributed by atoms with van der Waals surface area (Å²) in [7, 11) is 8.65. The van der Waals surface area contributed by atoms with Gasteiger partial charge in [0.05, 0.1) is 70.9 Å². The summed E-state index contributed by atoms with van der Waals surface area (Å²) < 4.78 is 17.5. The maximum Gasteiger partial charge on any atom is 0.308 e. The summed E-state index contributed by atoms with van der Waals surface area (Å²) in [6.45, 7) is 15.1. The maximum absolute atomic E-state index is 11.1. The highest BCUT2D eigenvalue weighted by Crippen LogP contribution is 2.29. The number of nitrogens with two attached hydrogens (primary N) is 2. The summed E-state index contributed by atoms with van der Waals surface area (Å²) in [6.07, 6.45) is 16.1. The number of nitrogen functional groups attached to an aromatic ring is 2. The van der Waals surface area contributed by atoms with Crippen LogP contribution in [0.1, 0.15) is 142 Å². The summed E-state index contributed by atoms with van der Waals surface area (Å²) in [5.74, 6) is 2.04. The molecule has 0 aliphatic carbocycles. The van der Waals surface area contributed by atoms with Crippen LogP contribution in [0.5, 0.6) is 0 Å². The van der Waals surface area contributed by atoms with Crippen LogP contribution in [-0.4, -0.2) is 141 Å². The first-order valence-electron chi connectivity index (χ1n) is 26.6. The molecule has 0 amide bonds. The molecule has 6 aromatic rings. The van der Waals surface area contributed by atoms with Crippen LogP contribution in [0.4, 0.5) is 11.6 Å². The van der Waals surface area contributed by atoms with Crippen LogP contribution >= 0.6 is 22.6 Å². The van der Waals surface area contributed by atoms with Gasteiger partial charge in [0.25, 0.3) is 0 Å². The number of aliphatic carboxylic acids is 1. The van der Waals surface area contributed by atoms with Crippen LogP contribution in [0.2, 0.25) is 0 Å². The minimum absolute atomic E-state index is 0. The number of anilines is 2. The Bertz CT molecular complexity index is 2610. The van der Waals surface area contributed by atoms with E-state index in [1.54, 1.807) is 0 Å². The van der Waals surface area contributed by atoms with Gasteiger partial charge in [0.2, 0.25) is 0 Å². The molecular weight excluding hydrogens is 1050 g/mol. The van der Waals surface area contributed by atoms with Crippen molar-refractivity contribution in [2.45, 2.75) is 150 Å². The molecule has 16 nitrogen and oxygen atoms in total. The first kappa shape index (κ1) is 63.6. The van der Waals surface area contributed by atoms with Crippen molar-refractivity contribution >= 4 is 90.0 Å². The number of aryl methyl sites for hydroxylation is 4. The number of rotatable bonds is 29. The predicted octanol–water partition coefficient (Wildman–Crippen LogP) is 11.4. The molecule has 0 saturated carbocycles. The van der Waals surface area contributed by atoms with E-state index in [2.05, 4.69) is 126 Å². The number of carboxylic acid groups (broad SMARTS) is 1. The molecule has 4 aromatic heterocycles. The SMILES string of the molecule is C.CC(C)(C)OC(=O)CCOCCI.CCCCc1nc2c([nH]1)c(N)nc1cc(CCCCCN(C)C)ccc12.CCCCc1nc2c([nH]1)c(N)nc1cc(CCCCC[N+](C)(C)CCOCCC(=O)O)ccc12. The third-order valence-electron chi connectivity index (χ3n) is 12.4. The Balaban J connectivity index is 0.000000319. The van der Waals surface area contributed by atoms with Crippen LogP contribution in [0.3, 0.4) is 0 Å². The van der Waals surface area contributed by atoms with E-state index in [1.807, 2.05) is 20.8 Å². The van der Waals surface area contributed by atoms with Gasteiger partial charge < -0.3 is 50.1 Å². The quantitative estimate of drug-likeness (QED) is 0.00971. The third kappa shape index (κ3) is 22.7. The lowest BCUT2D eigenvalue weighted by Gasteiger charge is -2.29. The lowest BCUT2D eigenvalue weighted by molar-refractivity contribution is -0.891. The summed E-state index contributed by atoms with van der Waals surface area (Å²) in [4.78, 5) is 49.5. The molecule has 6 rings (SSSR count). The fourth-order valence-corrected chi connectivity index (χ4v) is 8.63. The zero-order valence-electron chi connectivity index (χ0n) is 45.6. The molecule has 0 atom stereocenters. The Morgan fingerprint density at radius 3 is 1.65 bits per heavy atom. The van der Waals surface area contributed by atoms with Gasteiger partial charge in [-0.25, -0.2) is 19.9 Å². The number of fused-ring (bicyclic) bond motifs is 6. The number of halogens is 1. The number of hydrogen-bond acceptors (Lipinski definition) is 12. The summed E-state index contributed by atoms with van der Waals surface area (Å²) in [5.41, 5.74) is 20.1. The highest BCUT2D eigenvalue weighted by atomic mass is 127. The van der Waals surface area contributed by atoms with Crippen molar-refractivity contribution in [3.63, 3.8) is 0 Å². The Hall–Kier alpha value is -4.69. The van der Waals surface area contributed by atoms with E-state index in [0.29, 0.717) is 37.9 Å². The van der Waals surface area contributed by atoms with Crippen molar-refractivity contribution in [2.75, 3.05) is 90.1 Å². The molecule has 0 radical (unpaired) electrons. The van der Waals surface area contributed by atoms with Gasteiger partial charge in [0, 0.05) is 28.0 Å². The number of aromatic nitrogens is 6. The van der Waals surface area contributed by atoms with Crippen molar-refractivity contribution < 1.29 is 33.4 Å². The van der Waals surface area contributed by atoms with Crippen molar-refractivity contribution in [1.82, 2.24) is 34.8 Å². The fraction of sp³-hybridized carbons (Fsp3) is 0.614. The first-order chi connectivity index (χ1) is 34.8. The standard InChI is InChI=1S/C26H39N5O3.C21H31N5.C9H17IO3.CH4/c1-4-5-10-22-29-24-20-12-11-19(18-21(20)28-26(27)25(24)30-22)9-7-6-8-14-31(2,3)15-17-34-16-13-23(32)33;1-4-5-10-18-24-19-16-12-11-15(9-7-6-8-13-26(2)3)14-17(16)23-21(22)20(19)25-18;1-9(2,3)13-8(11)4-6-12-7-5-10;/h11-12,18H,4-10,13-17H2,1-3H3,(H3-,27,28,29,30,32,33);11-12,14H,4-10,13H2,1-3H3,(H2,22,23)(H,24,25);4-7H2,1-3H3;1H4/p+1. The van der Waals surface area contributed by atoms with Gasteiger partial charge in [0.1, 0.15) is 57.5 Å². The molecule has 4 heterocycles. The topological polar surface area (TPSA) is 220 Å². The van der Waals surface area contributed by atoms with Crippen LogP contribution in [0.25, 0.3) is 43.9 Å². The number of likely N-dealkylation sites (N-methyl/N-ethyl adjacent to an activating group) is 1. The van der Waals surface area contributed by atoms with Gasteiger partial charge in [-0.05, 0) is 122 Å². The lowest BCUT2D eigenvalue weighted by Crippen LogP contribution is -2.43. The molecule has 0 aliphatic rings. The summed E-state index contributed by atoms with van der Waals surface area (Å²) in [5, 5.41) is 10.8. The van der Waals surface area contributed by atoms with Crippen LogP contribution in [0, 0.1) is 0 Å². The van der Waals surface area contributed by atoms with E-state index in [4.69, 9.17) is 40.8 Å². The number of carbonyl (C=O) groups is 2. The summed E-state index contributed by atoms with van der Waals surface area (Å²) in [6, 6.07) is 13.0. The van der Waals surface area contributed by atoms with E-state index in [1.165, 1.54) is 30.4 Å². The molecule has 0 spiro atoms. The number of esters is 1. The fourth-order valence-electron chi connectivity index (χ4n) is 8.32. The number of H-pyrrole nitrogens is 2. The highest BCUT2D eigenvalue weighted by molar-refractivity contribution is 14.1. The van der Waals surface area contributed by atoms with Crippen LogP contribution in [0.15, 0.2) is 36.4 Å². The second-order valence-electron chi connectivity index (χ2n) is 20.9. The van der Waals surface area contributed by atoms with Gasteiger partial charge in [-0.3, -0.25) is 9.59 Å². The van der Waals surface area contributed by atoms with Crippen molar-refractivity contribution in [1.29, 1.82) is 0 Å². The third-order valence-corrected chi connectivity index (χ3v) is 12.8. The smallest absolute Gasteiger partial charge is 0.308 e. The predicted molar refractivity (Wildman–Crippen MR) is 314 cm³/mol. The van der Waals surface area contributed by atoms with Crippen LogP contribution < -0.4 is 11.5 Å². The van der Waals surface area contributed by atoms with Crippen molar-refractivity contribution in [3.8, 4) is 0 Å². The Kier molecular flexibility index (Phi) is 28.1. The minimum atomic E-state index is -0.814. The molecule has 7 N–H and O–H groups in total. The normalized spacial score (nSPS) is 11.7. The van der Waals surface area contributed by atoms with Crippen molar-refractivity contribution in [3.05, 3.63) is 59.2 Å². The van der Waals surface area contributed by atoms with E-state index < -0.39 is 5.97 Å². The maximum atomic E-state index is 11.1. The van der Waals surface area contributed by atoms with E-state index in [-0.39, 0.29) is 32.0 Å². The molecular formula is C57H92IN10O6+. The second kappa shape index (κ2) is 32.7. The van der Waals surface area contributed by atoms with Gasteiger partial charge >= 0.3 is 11.9 Å². The van der Waals surface area contributed by atoms with Gasteiger partial charge in [0.15, 0.2) is 0 Å². The average Bonchev–Trinajstić information content (AvgIpc) is 3.97. The molecule has 74 heavy (non-hydrogen) atoms.